The van der Waals surface area contributed by atoms with Crippen molar-refractivity contribution < 1.29 is 49.7 Å². The topological polar surface area (TPSA) is 174 Å². The molecule has 2 aliphatic rings. The first kappa shape index (κ1) is 27.4. The van der Waals surface area contributed by atoms with E-state index in [9.17, 15) is 36.6 Å². The third kappa shape index (κ3) is 6.73. The lowest BCUT2D eigenvalue weighted by Crippen LogP contribution is -2.33. The molecular weight excluding hydrogens is 506 g/mol. The number of fused-ring (bicyclic) bond motifs is 3. The van der Waals surface area contributed by atoms with E-state index in [4.69, 9.17) is 13.1 Å². The number of carbonyl (C=O) groups is 2. The van der Waals surface area contributed by atoms with Crippen molar-refractivity contribution in [2.45, 2.75) is 18.6 Å². The van der Waals surface area contributed by atoms with E-state index in [1.807, 2.05) is 0 Å². The Kier molecular flexibility index (Phi) is 8.47. The van der Waals surface area contributed by atoms with Crippen LogP contribution in [0.25, 0.3) is 0 Å². The molecule has 2 unspecified atom stereocenters. The minimum atomic E-state index is -4.11. The normalized spacial score (nSPS) is 19.8. The number of hydrogen-bond acceptors (Lipinski definition) is 12. The molecule has 0 radical (unpaired) electrons. The predicted molar refractivity (Wildman–Crippen MR) is 122 cm³/mol. The molecular formula is C21H27NO11S2. The van der Waals surface area contributed by atoms with E-state index in [1.54, 1.807) is 4.90 Å². The third-order valence-corrected chi connectivity index (χ3v) is 6.59. The molecule has 2 aliphatic carbocycles. The van der Waals surface area contributed by atoms with Gasteiger partial charge in [0.2, 0.25) is 0 Å². The van der Waals surface area contributed by atoms with Gasteiger partial charge in [-0.2, -0.15) is 16.8 Å². The highest BCUT2D eigenvalue weighted by molar-refractivity contribution is 7.86. The fourth-order valence-corrected chi connectivity index (χ4v) is 5.39. The largest absolute Gasteiger partial charge is 0.492 e. The number of rotatable bonds is 12. The van der Waals surface area contributed by atoms with E-state index < -0.39 is 44.0 Å². The molecule has 0 saturated carbocycles. The molecule has 35 heavy (non-hydrogen) atoms. The van der Waals surface area contributed by atoms with Crippen LogP contribution in [0.4, 0.5) is 0 Å². The minimum Gasteiger partial charge on any atom is -0.492 e. The molecule has 14 heteroatoms. The Morgan fingerprint density at radius 1 is 0.943 bits per heavy atom. The van der Waals surface area contributed by atoms with Crippen molar-refractivity contribution in [1.29, 1.82) is 0 Å². The van der Waals surface area contributed by atoms with E-state index in [1.165, 1.54) is 6.07 Å². The smallest absolute Gasteiger partial charge is 0.265 e. The second-order valence-electron chi connectivity index (χ2n) is 8.15. The second-order valence-corrected chi connectivity index (χ2v) is 11.4. The van der Waals surface area contributed by atoms with E-state index in [0.717, 1.165) is 24.7 Å². The van der Waals surface area contributed by atoms with Gasteiger partial charge < -0.3 is 14.9 Å². The number of benzene rings is 1. The average Bonchev–Trinajstić information content (AvgIpc) is 3.05. The molecule has 0 heterocycles. The molecule has 12 nitrogen and oxygen atoms in total. The molecule has 1 aromatic rings. The predicted octanol–water partition coefficient (Wildman–Crippen LogP) is -0.795. The zero-order chi connectivity index (χ0) is 26.0. The van der Waals surface area contributed by atoms with Crippen molar-refractivity contribution in [3.8, 4) is 5.75 Å². The molecule has 0 saturated heterocycles. The molecule has 0 fully saturated rings. The third-order valence-electron chi connectivity index (χ3n) is 5.44. The Balaban J connectivity index is 2.08. The maximum Gasteiger partial charge on any atom is 0.265 e. The van der Waals surface area contributed by atoms with Crippen LogP contribution in [0.5, 0.6) is 5.75 Å². The minimum absolute atomic E-state index is 0.00635. The highest BCUT2D eigenvalue weighted by Gasteiger charge is 2.44. The van der Waals surface area contributed by atoms with Gasteiger partial charge in [-0.1, -0.05) is 0 Å². The van der Waals surface area contributed by atoms with Gasteiger partial charge in [0, 0.05) is 42.7 Å². The van der Waals surface area contributed by atoms with Crippen LogP contribution in [0.15, 0.2) is 18.2 Å². The lowest BCUT2D eigenvalue weighted by atomic mass is 9.88. The summed E-state index contributed by atoms with van der Waals surface area (Å²) in [5.41, 5.74) is 0.371. The van der Waals surface area contributed by atoms with Crippen LogP contribution in [0.2, 0.25) is 0 Å². The van der Waals surface area contributed by atoms with Crippen LogP contribution in [0.3, 0.4) is 0 Å². The number of ether oxygens (including phenoxy) is 1. The molecule has 0 aliphatic heterocycles. The fraction of sp³-hybridized carbons (Fsp3) is 0.524. The summed E-state index contributed by atoms with van der Waals surface area (Å²) in [7, 11) is -8.16. The van der Waals surface area contributed by atoms with Gasteiger partial charge >= 0.3 is 0 Å². The molecule has 0 amide bonds. The molecule has 2 N–H and O–H groups in total. The summed E-state index contributed by atoms with van der Waals surface area (Å²) in [5.74, 6) is -0.934. The highest BCUT2D eigenvalue weighted by Crippen LogP contribution is 2.46. The highest BCUT2D eigenvalue weighted by atomic mass is 32.2. The van der Waals surface area contributed by atoms with E-state index in [0.29, 0.717) is 0 Å². The monoisotopic (exact) mass is 533 g/mol. The molecule has 0 bridgehead atoms. The Bertz CT molecular complexity index is 1230. The second kappa shape index (κ2) is 10.8. The summed E-state index contributed by atoms with van der Waals surface area (Å²) in [6.45, 7) is 0.521. The summed E-state index contributed by atoms with van der Waals surface area (Å²) in [4.78, 5) is 26.9. The summed E-state index contributed by atoms with van der Waals surface area (Å²) in [6.07, 6.45) is 0.803. The number of nitrogens with zero attached hydrogens (tertiary/aromatic N) is 1. The van der Waals surface area contributed by atoms with Gasteiger partial charge in [-0.3, -0.25) is 22.9 Å². The standard InChI is InChI=1S/C21H27NO11S2/c1-34(27,28)32-18-12-14-19-13(15(25)3-4-16(19)26)11-17(20(14)21(18)33-35(2,29)30)31-10-7-22(5-8-23)6-9-24/h3-4,11,18,21,23-24H,5-10,12H2,1-2H3. The van der Waals surface area contributed by atoms with Crippen molar-refractivity contribution in [3.63, 3.8) is 0 Å². The van der Waals surface area contributed by atoms with Gasteiger partial charge in [0.15, 0.2) is 11.6 Å². The first-order valence-corrected chi connectivity index (χ1v) is 14.3. The first-order chi connectivity index (χ1) is 16.3. The zero-order valence-electron chi connectivity index (χ0n) is 19.2. The molecule has 3 rings (SSSR count). The van der Waals surface area contributed by atoms with Crippen molar-refractivity contribution in [1.82, 2.24) is 4.90 Å². The Hall–Kier alpha value is -2.20. The zero-order valence-corrected chi connectivity index (χ0v) is 20.8. The summed E-state index contributed by atoms with van der Waals surface area (Å²) in [5, 5.41) is 18.4. The fourth-order valence-electron chi connectivity index (χ4n) is 4.18. The Morgan fingerprint density at radius 3 is 2.11 bits per heavy atom. The summed E-state index contributed by atoms with van der Waals surface area (Å²) >= 11 is 0. The van der Waals surface area contributed by atoms with Gasteiger partial charge in [-0.15, -0.1) is 0 Å². The van der Waals surface area contributed by atoms with Crippen LogP contribution >= 0.6 is 0 Å². The lowest BCUT2D eigenvalue weighted by molar-refractivity contribution is 0.0756. The van der Waals surface area contributed by atoms with E-state index in [2.05, 4.69) is 0 Å². The van der Waals surface area contributed by atoms with E-state index in [-0.39, 0.29) is 73.9 Å². The number of ketones is 2. The summed E-state index contributed by atoms with van der Waals surface area (Å²) < 4.78 is 64.0. The molecule has 2 atom stereocenters. The SMILES string of the molecule is CS(=O)(=O)OC1Cc2c3c(cc(OCCN(CCO)CCO)c2C1OS(C)(=O)=O)C(=O)C=CC3=O. The molecule has 1 aromatic carbocycles. The van der Waals surface area contributed by atoms with Crippen LogP contribution in [0.1, 0.15) is 37.9 Å². The maximum atomic E-state index is 12.7. The van der Waals surface area contributed by atoms with Crippen LogP contribution < -0.4 is 4.74 Å². The number of allylic oxidation sites excluding steroid dienone is 2. The molecule has 0 spiro atoms. The van der Waals surface area contributed by atoms with Crippen molar-refractivity contribution in [2.24, 2.45) is 0 Å². The van der Waals surface area contributed by atoms with Gasteiger partial charge in [0.25, 0.3) is 20.2 Å². The van der Waals surface area contributed by atoms with Gasteiger partial charge in [-0.05, 0) is 23.8 Å². The Labute approximate surface area is 203 Å². The van der Waals surface area contributed by atoms with Crippen LogP contribution in [0, 0.1) is 0 Å². The lowest BCUT2D eigenvalue weighted by Gasteiger charge is -2.24. The maximum absolute atomic E-state index is 12.7. The number of carbonyl (C=O) groups excluding carboxylic acids is 2. The molecule has 0 aromatic heterocycles. The molecule has 194 valence electrons. The van der Waals surface area contributed by atoms with E-state index >= 15 is 0 Å². The van der Waals surface area contributed by atoms with Crippen LogP contribution in [-0.4, -0.2) is 102 Å². The first-order valence-electron chi connectivity index (χ1n) is 10.6. The van der Waals surface area contributed by atoms with Crippen LogP contribution in [-0.2, 0) is 35.0 Å². The summed E-state index contributed by atoms with van der Waals surface area (Å²) in [6, 6.07) is 1.31. The van der Waals surface area contributed by atoms with Gasteiger partial charge in [0.05, 0.1) is 25.7 Å². The van der Waals surface area contributed by atoms with Crippen molar-refractivity contribution in [3.05, 3.63) is 40.5 Å². The average molecular weight is 534 g/mol. The number of aliphatic hydroxyl groups excluding tert-OH is 2. The Morgan fingerprint density at radius 2 is 1.54 bits per heavy atom. The van der Waals surface area contributed by atoms with Gasteiger partial charge in [-0.25, -0.2) is 0 Å². The van der Waals surface area contributed by atoms with Crippen molar-refractivity contribution in [2.75, 3.05) is 52.0 Å². The number of aliphatic hydroxyl groups is 2. The van der Waals surface area contributed by atoms with Crippen molar-refractivity contribution >= 4 is 31.8 Å². The van der Waals surface area contributed by atoms with Gasteiger partial charge in [0.1, 0.15) is 24.6 Å². The quantitative estimate of drug-likeness (QED) is 0.321. The number of hydrogen-bond donors (Lipinski definition) is 2.